The van der Waals surface area contributed by atoms with Gasteiger partial charge in [-0.2, -0.15) is 0 Å². The summed E-state index contributed by atoms with van der Waals surface area (Å²) in [6, 6.07) is 24.9. The van der Waals surface area contributed by atoms with Gasteiger partial charge in [0, 0.05) is 12.7 Å². The first kappa shape index (κ1) is 20.3. The van der Waals surface area contributed by atoms with Crippen LogP contribution in [0, 0.1) is 5.82 Å². The number of nitrogens with zero attached hydrogens (tertiary/aromatic N) is 1. The third kappa shape index (κ3) is 5.75. The van der Waals surface area contributed by atoms with Crippen molar-refractivity contribution in [2.24, 2.45) is 0 Å². The average Bonchev–Trinajstić information content (AvgIpc) is 3.27. The van der Waals surface area contributed by atoms with Crippen molar-refractivity contribution in [3.8, 4) is 16.2 Å². The largest absolute Gasteiger partial charge is 0.489 e. The van der Waals surface area contributed by atoms with Crippen LogP contribution in [0.25, 0.3) is 10.4 Å². The van der Waals surface area contributed by atoms with Gasteiger partial charge in [0.15, 0.2) is 0 Å². The summed E-state index contributed by atoms with van der Waals surface area (Å²) in [5.74, 6) is 0.660. The average molecular weight is 419 g/mol. The lowest BCUT2D eigenvalue weighted by molar-refractivity contribution is 0.306. The zero-order valence-electron chi connectivity index (χ0n) is 16.6. The number of nitrogens with one attached hydrogen (secondary N) is 1. The molecule has 0 aliphatic carbocycles. The maximum absolute atomic E-state index is 12.9. The van der Waals surface area contributed by atoms with Crippen LogP contribution in [0.2, 0.25) is 0 Å². The number of thiazole rings is 1. The van der Waals surface area contributed by atoms with Crippen molar-refractivity contribution in [1.29, 1.82) is 0 Å². The topological polar surface area (TPSA) is 34.2 Å². The van der Waals surface area contributed by atoms with Gasteiger partial charge in [-0.05, 0) is 66.1 Å². The third-order valence-corrected chi connectivity index (χ3v) is 5.77. The minimum absolute atomic E-state index is 0.196. The molecule has 0 spiro atoms. The Morgan fingerprint density at radius 1 is 0.867 bits per heavy atom. The first-order valence-electron chi connectivity index (χ1n) is 9.93. The Labute approximate surface area is 180 Å². The van der Waals surface area contributed by atoms with Crippen molar-refractivity contribution in [2.45, 2.75) is 19.6 Å². The number of halogens is 1. The Morgan fingerprint density at radius 2 is 1.63 bits per heavy atom. The molecule has 4 aromatic rings. The van der Waals surface area contributed by atoms with Crippen LogP contribution in [0.15, 0.2) is 85.1 Å². The van der Waals surface area contributed by atoms with Gasteiger partial charge in [0.1, 0.15) is 23.2 Å². The summed E-state index contributed by atoms with van der Waals surface area (Å²) in [5.41, 5.74) is 3.41. The predicted octanol–water partition coefficient (Wildman–Crippen LogP) is 5.86. The van der Waals surface area contributed by atoms with E-state index >= 15 is 0 Å². The van der Waals surface area contributed by atoms with E-state index in [2.05, 4.69) is 34.6 Å². The van der Waals surface area contributed by atoms with Gasteiger partial charge in [0.25, 0.3) is 0 Å². The molecule has 1 heterocycles. The number of benzene rings is 3. The van der Waals surface area contributed by atoms with E-state index in [9.17, 15) is 4.39 Å². The molecular formula is C25H23FN2OS. The molecule has 0 unspecified atom stereocenters. The maximum Gasteiger partial charge on any atom is 0.123 e. The number of rotatable bonds is 9. The van der Waals surface area contributed by atoms with Crippen LogP contribution in [0.5, 0.6) is 5.75 Å². The highest BCUT2D eigenvalue weighted by molar-refractivity contribution is 7.15. The highest BCUT2D eigenvalue weighted by Gasteiger charge is 2.05. The fourth-order valence-electron chi connectivity index (χ4n) is 3.06. The molecule has 0 saturated heterocycles. The Kier molecular flexibility index (Phi) is 6.85. The van der Waals surface area contributed by atoms with E-state index in [-0.39, 0.29) is 5.82 Å². The fourth-order valence-corrected chi connectivity index (χ4v) is 3.95. The van der Waals surface area contributed by atoms with Gasteiger partial charge < -0.3 is 10.1 Å². The molecule has 5 heteroatoms. The van der Waals surface area contributed by atoms with Crippen LogP contribution in [-0.2, 0) is 19.6 Å². The van der Waals surface area contributed by atoms with Gasteiger partial charge in [-0.15, -0.1) is 11.3 Å². The molecule has 1 aromatic heterocycles. The van der Waals surface area contributed by atoms with Gasteiger partial charge in [-0.25, -0.2) is 9.37 Å². The summed E-state index contributed by atoms with van der Waals surface area (Å²) in [5, 5.41) is 4.45. The van der Waals surface area contributed by atoms with Crippen LogP contribution < -0.4 is 10.1 Å². The summed E-state index contributed by atoms with van der Waals surface area (Å²) < 4.78 is 18.8. The van der Waals surface area contributed by atoms with Crippen LogP contribution in [-0.4, -0.2) is 11.5 Å². The summed E-state index contributed by atoms with van der Waals surface area (Å²) >= 11 is 1.69. The zero-order valence-corrected chi connectivity index (χ0v) is 17.4. The Hall–Kier alpha value is -3.02. The van der Waals surface area contributed by atoms with E-state index in [1.807, 2.05) is 48.7 Å². The second-order valence-electron chi connectivity index (χ2n) is 6.97. The predicted molar refractivity (Wildman–Crippen MR) is 120 cm³/mol. The molecule has 0 saturated carbocycles. The molecule has 0 aliphatic rings. The van der Waals surface area contributed by atoms with Crippen LogP contribution >= 0.6 is 11.3 Å². The molecule has 30 heavy (non-hydrogen) atoms. The van der Waals surface area contributed by atoms with E-state index in [4.69, 9.17) is 4.74 Å². The second kappa shape index (κ2) is 10.1. The molecule has 0 atom stereocenters. The van der Waals surface area contributed by atoms with Crippen molar-refractivity contribution in [1.82, 2.24) is 10.3 Å². The molecule has 0 radical (unpaired) electrons. The maximum atomic E-state index is 12.9. The highest BCUT2D eigenvalue weighted by Crippen LogP contribution is 2.28. The van der Waals surface area contributed by atoms with Crippen molar-refractivity contribution >= 4 is 11.3 Å². The van der Waals surface area contributed by atoms with Gasteiger partial charge >= 0.3 is 0 Å². The highest BCUT2D eigenvalue weighted by atomic mass is 32.1. The van der Waals surface area contributed by atoms with Crippen LogP contribution in [0.3, 0.4) is 0 Å². The van der Waals surface area contributed by atoms with Crippen molar-refractivity contribution in [3.05, 3.63) is 107 Å². The lowest BCUT2D eigenvalue weighted by atomic mass is 10.1. The number of hydrogen-bond donors (Lipinski definition) is 1. The molecule has 0 amide bonds. The SMILES string of the molecule is Fc1ccc(CCNCc2ncc(-c3ccc(OCc4ccccc4)cc3)s2)cc1. The molecule has 152 valence electrons. The minimum atomic E-state index is -0.196. The van der Waals surface area contributed by atoms with Crippen LogP contribution in [0.4, 0.5) is 4.39 Å². The molecule has 1 N–H and O–H groups in total. The normalized spacial score (nSPS) is 10.8. The number of aromatic nitrogens is 1. The molecule has 3 aromatic carbocycles. The lowest BCUT2D eigenvalue weighted by Crippen LogP contribution is -2.16. The quantitative estimate of drug-likeness (QED) is 0.346. The second-order valence-corrected chi connectivity index (χ2v) is 8.09. The first-order valence-corrected chi connectivity index (χ1v) is 10.7. The van der Waals surface area contributed by atoms with E-state index in [1.54, 1.807) is 11.3 Å². The molecule has 4 rings (SSSR count). The third-order valence-electron chi connectivity index (χ3n) is 4.72. The molecule has 0 aliphatic heterocycles. The van der Waals surface area contributed by atoms with E-state index in [0.717, 1.165) is 51.8 Å². The number of hydrogen-bond acceptors (Lipinski definition) is 4. The Bertz CT molecular complexity index is 1050. The van der Waals surface area contributed by atoms with Crippen molar-refractivity contribution < 1.29 is 9.13 Å². The molecule has 3 nitrogen and oxygen atoms in total. The smallest absolute Gasteiger partial charge is 0.123 e. The standard InChI is InChI=1S/C25H23FN2OS/c26-22-10-6-19(7-11-22)14-15-27-17-25-28-16-24(30-25)21-8-12-23(13-9-21)29-18-20-4-2-1-3-5-20/h1-13,16,27H,14-15,17-18H2. The van der Waals surface area contributed by atoms with Gasteiger partial charge in [-0.1, -0.05) is 42.5 Å². The monoisotopic (exact) mass is 418 g/mol. The summed E-state index contributed by atoms with van der Waals surface area (Å²) in [6.45, 7) is 2.12. The molecular weight excluding hydrogens is 395 g/mol. The summed E-state index contributed by atoms with van der Waals surface area (Å²) in [7, 11) is 0. The summed E-state index contributed by atoms with van der Waals surface area (Å²) in [4.78, 5) is 5.66. The number of ether oxygens (including phenoxy) is 1. The van der Waals surface area contributed by atoms with Crippen LogP contribution in [0.1, 0.15) is 16.1 Å². The first-order chi connectivity index (χ1) is 14.8. The minimum Gasteiger partial charge on any atom is -0.489 e. The van der Waals surface area contributed by atoms with Gasteiger partial charge in [0.2, 0.25) is 0 Å². The molecule has 0 bridgehead atoms. The van der Waals surface area contributed by atoms with Crippen molar-refractivity contribution in [2.75, 3.05) is 6.54 Å². The fraction of sp³-hybridized carbons (Fsp3) is 0.160. The Morgan fingerprint density at radius 3 is 2.40 bits per heavy atom. The zero-order chi connectivity index (χ0) is 20.6. The van der Waals surface area contributed by atoms with Gasteiger partial charge in [-0.3, -0.25) is 0 Å². The van der Waals surface area contributed by atoms with E-state index in [1.165, 1.54) is 12.1 Å². The van der Waals surface area contributed by atoms with Crippen molar-refractivity contribution in [3.63, 3.8) is 0 Å². The molecule has 0 fully saturated rings. The Balaban J connectivity index is 1.25. The lowest BCUT2D eigenvalue weighted by Gasteiger charge is -2.06. The van der Waals surface area contributed by atoms with E-state index < -0.39 is 0 Å². The van der Waals surface area contributed by atoms with E-state index in [0.29, 0.717) is 6.61 Å². The summed E-state index contributed by atoms with van der Waals surface area (Å²) in [6.07, 6.45) is 2.78. The van der Waals surface area contributed by atoms with Gasteiger partial charge in [0.05, 0.1) is 4.88 Å².